The van der Waals surface area contributed by atoms with Crippen LogP contribution in [0.25, 0.3) is 15.9 Å². The van der Waals surface area contributed by atoms with E-state index in [1.807, 2.05) is 0 Å². The van der Waals surface area contributed by atoms with E-state index in [9.17, 15) is 14.0 Å². The van der Waals surface area contributed by atoms with E-state index in [2.05, 4.69) is 16.9 Å². The molecule has 1 aliphatic carbocycles. The first-order valence-electron chi connectivity index (χ1n) is 9.42. The highest BCUT2D eigenvalue weighted by Gasteiger charge is 2.24. The fourth-order valence-electron chi connectivity index (χ4n) is 3.50. The summed E-state index contributed by atoms with van der Waals surface area (Å²) in [5, 5.41) is 3.61. The van der Waals surface area contributed by atoms with Crippen LogP contribution in [0.15, 0.2) is 46.9 Å². The Bertz CT molecular complexity index is 1150. The van der Waals surface area contributed by atoms with Gasteiger partial charge in [0.15, 0.2) is 5.16 Å². The lowest BCUT2D eigenvalue weighted by atomic mass is 9.97. The summed E-state index contributed by atoms with van der Waals surface area (Å²) < 4.78 is 15.9. The largest absolute Gasteiger partial charge is 0.352 e. The van der Waals surface area contributed by atoms with Crippen LogP contribution in [0.1, 0.15) is 23.3 Å². The Kier molecular flexibility index (Phi) is 5.82. The summed E-state index contributed by atoms with van der Waals surface area (Å²) in [5.41, 5.74) is 0.935. The summed E-state index contributed by atoms with van der Waals surface area (Å²) in [6.45, 7) is 3.94. The fourth-order valence-corrected chi connectivity index (χ4v) is 5.63. The van der Waals surface area contributed by atoms with E-state index in [4.69, 9.17) is 0 Å². The van der Waals surface area contributed by atoms with Crippen molar-refractivity contribution in [2.45, 2.75) is 30.8 Å². The zero-order chi connectivity index (χ0) is 20.4. The molecule has 1 N–H and O–H groups in total. The Morgan fingerprint density at radius 2 is 2.14 bits per heavy atom. The van der Waals surface area contributed by atoms with E-state index in [-0.39, 0.29) is 22.9 Å². The van der Waals surface area contributed by atoms with Crippen LogP contribution in [0.3, 0.4) is 0 Å². The molecule has 0 saturated heterocycles. The van der Waals surface area contributed by atoms with Gasteiger partial charge in [-0.1, -0.05) is 30.0 Å². The first-order valence-corrected chi connectivity index (χ1v) is 11.2. The monoisotopic (exact) mass is 429 g/mol. The maximum absolute atomic E-state index is 14.6. The third-order valence-electron chi connectivity index (χ3n) is 4.83. The average molecular weight is 430 g/mol. The number of rotatable bonds is 6. The number of carbonyl (C=O) groups excluding carboxylic acids is 1. The lowest BCUT2D eigenvalue weighted by molar-refractivity contribution is -0.118. The Morgan fingerprint density at radius 1 is 1.34 bits per heavy atom. The van der Waals surface area contributed by atoms with Crippen LogP contribution in [0.4, 0.5) is 4.39 Å². The van der Waals surface area contributed by atoms with Gasteiger partial charge in [0, 0.05) is 11.4 Å². The molecule has 2 heterocycles. The molecular formula is C21H20FN3O2S2. The number of aromatic nitrogens is 2. The number of carbonyl (C=O) groups is 1. The van der Waals surface area contributed by atoms with Gasteiger partial charge >= 0.3 is 0 Å². The number of hydrogen-bond acceptors (Lipinski definition) is 5. The predicted molar refractivity (Wildman–Crippen MR) is 116 cm³/mol. The molecule has 2 aromatic heterocycles. The van der Waals surface area contributed by atoms with Gasteiger partial charge in [-0.15, -0.1) is 17.9 Å². The van der Waals surface area contributed by atoms with Crippen molar-refractivity contribution >= 4 is 39.2 Å². The quantitative estimate of drug-likeness (QED) is 0.367. The number of aryl methyl sites for hydroxylation is 2. The molecule has 0 bridgehead atoms. The topological polar surface area (TPSA) is 64.0 Å². The van der Waals surface area contributed by atoms with Gasteiger partial charge in [-0.05, 0) is 43.4 Å². The fraction of sp³-hybridized carbons (Fsp3) is 0.286. The van der Waals surface area contributed by atoms with Crippen molar-refractivity contribution in [3.05, 3.63) is 63.5 Å². The third-order valence-corrected chi connectivity index (χ3v) is 6.95. The molecule has 150 valence electrons. The van der Waals surface area contributed by atoms with Gasteiger partial charge in [-0.2, -0.15) is 0 Å². The van der Waals surface area contributed by atoms with Crippen LogP contribution in [0.5, 0.6) is 0 Å². The molecule has 1 aromatic carbocycles. The SMILES string of the molecule is C=CCNC(=O)CSc1nc2sc3c(c2c(=O)n1-c1ccccc1F)CCCC3. The Hall–Kier alpha value is -2.45. The number of para-hydroxylation sites is 1. The molecule has 0 radical (unpaired) electrons. The maximum atomic E-state index is 14.6. The minimum absolute atomic E-state index is 0.0747. The van der Waals surface area contributed by atoms with Crippen LogP contribution in [0, 0.1) is 5.82 Å². The zero-order valence-electron chi connectivity index (χ0n) is 15.7. The van der Waals surface area contributed by atoms with Crippen LogP contribution < -0.4 is 10.9 Å². The smallest absolute Gasteiger partial charge is 0.267 e. The third kappa shape index (κ3) is 3.86. The number of fused-ring (bicyclic) bond motifs is 3. The minimum Gasteiger partial charge on any atom is -0.352 e. The van der Waals surface area contributed by atoms with Gasteiger partial charge in [0.2, 0.25) is 5.91 Å². The van der Waals surface area contributed by atoms with E-state index >= 15 is 0 Å². The van der Waals surface area contributed by atoms with Gasteiger partial charge in [-0.3, -0.25) is 14.2 Å². The number of nitrogens with zero attached hydrogens (tertiary/aromatic N) is 2. The maximum Gasteiger partial charge on any atom is 0.267 e. The second-order valence-corrected chi connectivity index (χ2v) is 8.78. The van der Waals surface area contributed by atoms with Crippen molar-refractivity contribution < 1.29 is 9.18 Å². The number of amides is 1. The first-order chi connectivity index (χ1) is 14.1. The number of thioether (sulfide) groups is 1. The minimum atomic E-state index is -0.502. The number of benzene rings is 1. The standard InChI is InChI=1S/C21H20FN3O2S2/c1-2-11-23-17(26)12-28-21-24-19-18(13-7-3-6-10-16(13)29-19)20(27)25(21)15-9-5-4-8-14(15)22/h2,4-5,8-9H,1,3,6-7,10-12H2,(H,23,26). The molecule has 0 unspecified atom stereocenters. The average Bonchev–Trinajstić information content (AvgIpc) is 3.10. The van der Waals surface area contributed by atoms with Crippen molar-refractivity contribution in [2.75, 3.05) is 12.3 Å². The lowest BCUT2D eigenvalue weighted by Crippen LogP contribution is -2.27. The number of hydrogen-bond donors (Lipinski definition) is 1. The summed E-state index contributed by atoms with van der Waals surface area (Å²) in [6.07, 6.45) is 5.53. The molecule has 0 spiro atoms. The predicted octanol–water partition coefficient (Wildman–Crippen LogP) is 3.86. The van der Waals surface area contributed by atoms with Crippen molar-refractivity contribution in [1.82, 2.24) is 14.9 Å². The van der Waals surface area contributed by atoms with E-state index in [0.29, 0.717) is 21.9 Å². The molecule has 4 rings (SSSR count). The Morgan fingerprint density at radius 3 is 2.93 bits per heavy atom. The highest BCUT2D eigenvalue weighted by Crippen LogP contribution is 2.35. The Balaban J connectivity index is 1.85. The first kappa shape index (κ1) is 19.8. The van der Waals surface area contributed by atoms with E-state index in [1.54, 1.807) is 24.3 Å². The lowest BCUT2D eigenvalue weighted by Gasteiger charge is -2.14. The molecule has 1 aliphatic rings. The highest BCUT2D eigenvalue weighted by molar-refractivity contribution is 7.99. The normalized spacial score (nSPS) is 13.3. The molecule has 5 nitrogen and oxygen atoms in total. The van der Waals surface area contributed by atoms with E-state index in [0.717, 1.165) is 43.0 Å². The van der Waals surface area contributed by atoms with Crippen molar-refractivity contribution in [3.63, 3.8) is 0 Å². The molecular weight excluding hydrogens is 409 g/mol. The molecule has 8 heteroatoms. The van der Waals surface area contributed by atoms with Gasteiger partial charge < -0.3 is 5.32 Å². The molecule has 0 atom stereocenters. The highest BCUT2D eigenvalue weighted by atomic mass is 32.2. The molecule has 0 fully saturated rings. The Labute approximate surface area is 175 Å². The van der Waals surface area contributed by atoms with Gasteiger partial charge in [0.25, 0.3) is 5.56 Å². The van der Waals surface area contributed by atoms with Crippen molar-refractivity contribution in [1.29, 1.82) is 0 Å². The van der Waals surface area contributed by atoms with Crippen LogP contribution in [-0.4, -0.2) is 27.8 Å². The summed E-state index contributed by atoms with van der Waals surface area (Å²) in [5.74, 6) is -0.627. The second kappa shape index (κ2) is 8.51. The molecule has 1 amide bonds. The van der Waals surface area contributed by atoms with E-state index in [1.165, 1.54) is 26.8 Å². The van der Waals surface area contributed by atoms with Crippen LogP contribution >= 0.6 is 23.1 Å². The van der Waals surface area contributed by atoms with Crippen molar-refractivity contribution in [2.24, 2.45) is 0 Å². The van der Waals surface area contributed by atoms with Gasteiger partial charge in [0.1, 0.15) is 10.6 Å². The molecule has 0 saturated carbocycles. The molecule has 3 aromatic rings. The summed E-state index contributed by atoms with van der Waals surface area (Å²) in [4.78, 5) is 32.1. The van der Waals surface area contributed by atoms with Crippen LogP contribution in [-0.2, 0) is 17.6 Å². The van der Waals surface area contributed by atoms with E-state index < -0.39 is 5.82 Å². The molecule has 0 aliphatic heterocycles. The van der Waals surface area contributed by atoms with Gasteiger partial charge in [-0.25, -0.2) is 9.37 Å². The number of thiophene rings is 1. The summed E-state index contributed by atoms with van der Waals surface area (Å²) in [6, 6.07) is 6.15. The zero-order valence-corrected chi connectivity index (χ0v) is 17.4. The second-order valence-electron chi connectivity index (χ2n) is 6.76. The van der Waals surface area contributed by atoms with Gasteiger partial charge in [0.05, 0.1) is 16.8 Å². The number of halogens is 1. The summed E-state index contributed by atoms with van der Waals surface area (Å²) in [7, 11) is 0. The molecule has 29 heavy (non-hydrogen) atoms. The summed E-state index contributed by atoms with van der Waals surface area (Å²) >= 11 is 2.67. The van der Waals surface area contributed by atoms with Crippen molar-refractivity contribution in [3.8, 4) is 5.69 Å². The van der Waals surface area contributed by atoms with Crippen LogP contribution in [0.2, 0.25) is 0 Å². The number of nitrogens with one attached hydrogen (secondary N) is 1.